The highest BCUT2D eigenvalue weighted by molar-refractivity contribution is 8.00. The van der Waals surface area contributed by atoms with E-state index in [1.54, 1.807) is 11.8 Å². The summed E-state index contributed by atoms with van der Waals surface area (Å²) in [5.41, 5.74) is 1.25. The van der Waals surface area contributed by atoms with Crippen LogP contribution in [-0.4, -0.2) is 29.6 Å². The first-order valence-electron chi connectivity index (χ1n) is 5.73. The Labute approximate surface area is 101 Å². The number of hydrogen-bond acceptors (Lipinski definition) is 2. The molecule has 1 amide bonds. The van der Waals surface area contributed by atoms with E-state index in [2.05, 4.69) is 19.1 Å². The second-order valence-corrected chi connectivity index (χ2v) is 5.16. The predicted molar refractivity (Wildman–Crippen MR) is 67.7 cm³/mol. The van der Waals surface area contributed by atoms with Crippen molar-refractivity contribution >= 4 is 17.7 Å². The first-order valence-corrected chi connectivity index (χ1v) is 6.72. The SMILES string of the molecule is Cc1ccccc1SCC(=O)N1CCCC1. The Morgan fingerprint density at radius 3 is 2.69 bits per heavy atom. The maximum Gasteiger partial charge on any atom is 0.232 e. The molecular weight excluding hydrogens is 218 g/mol. The molecule has 1 saturated heterocycles. The molecule has 0 aromatic heterocycles. The molecule has 86 valence electrons. The molecule has 0 saturated carbocycles. The van der Waals surface area contributed by atoms with Gasteiger partial charge in [0.05, 0.1) is 5.75 Å². The highest BCUT2D eigenvalue weighted by Gasteiger charge is 2.17. The minimum absolute atomic E-state index is 0.283. The standard InChI is InChI=1S/C13H17NOS/c1-11-6-2-3-7-12(11)16-10-13(15)14-8-4-5-9-14/h2-3,6-7H,4-5,8-10H2,1H3. The Kier molecular flexibility index (Phi) is 3.88. The van der Waals surface area contributed by atoms with Gasteiger partial charge < -0.3 is 4.90 Å². The lowest BCUT2D eigenvalue weighted by Gasteiger charge is -2.15. The maximum atomic E-state index is 11.8. The van der Waals surface area contributed by atoms with Gasteiger partial charge in [0.2, 0.25) is 5.91 Å². The van der Waals surface area contributed by atoms with Gasteiger partial charge in [0.25, 0.3) is 0 Å². The molecule has 16 heavy (non-hydrogen) atoms. The molecule has 1 aliphatic rings. The Bertz CT molecular complexity index is 372. The molecule has 0 bridgehead atoms. The molecule has 1 fully saturated rings. The van der Waals surface area contributed by atoms with E-state index in [1.807, 2.05) is 17.0 Å². The molecule has 0 atom stereocenters. The zero-order chi connectivity index (χ0) is 11.4. The first kappa shape index (κ1) is 11.5. The predicted octanol–water partition coefficient (Wildman–Crippen LogP) is 2.71. The summed E-state index contributed by atoms with van der Waals surface area (Å²) < 4.78 is 0. The lowest BCUT2D eigenvalue weighted by molar-refractivity contribution is -0.127. The molecule has 0 radical (unpaired) electrons. The largest absolute Gasteiger partial charge is 0.342 e. The third kappa shape index (κ3) is 2.79. The molecule has 1 aliphatic heterocycles. The van der Waals surface area contributed by atoms with Gasteiger partial charge in [0.1, 0.15) is 0 Å². The molecule has 3 heteroatoms. The topological polar surface area (TPSA) is 20.3 Å². The Morgan fingerprint density at radius 1 is 1.31 bits per heavy atom. The summed E-state index contributed by atoms with van der Waals surface area (Å²) in [4.78, 5) is 15.0. The second-order valence-electron chi connectivity index (χ2n) is 4.14. The summed E-state index contributed by atoms with van der Waals surface area (Å²) in [6.45, 7) is 3.99. The van der Waals surface area contributed by atoms with Crippen molar-refractivity contribution in [2.75, 3.05) is 18.8 Å². The third-order valence-electron chi connectivity index (χ3n) is 2.90. The molecule has 2 rings (SSSR count). The molecule has 2 nitrogen and oxygen atoms in total. The second kappa shape index (κ2) is 5.39. The number of thioether (sulfide) groups is 1. The van der Waals surface area contributed by atoms with Crippen LogP contribution in [0.3, 0.4) is 0 Å². The van der Waals surface area contributed by atoms with Crippen molar-refractivity contribution in [2.24, 2.45) is 0 Å². The van der Waals surface area contributed by atoms with Crippen LogP contribution in [-0.2, 0) is 4.79 Å². The van der Waals surface area contributed by atoms with Gasteiger partial charge in [-0.2, -0.15) is 0 Å². The highest BCUT2D eigenvalue weighted by atomic mass is 32.2. The Hall–Kier alpha value is -0.960. The number of likely N-dealkylation sites (tertiary alicyclic amines) is 1. The monoisotopic (exact) mass is 235 g/mol. The molecule has 1 aromatic carbocycles. The summed E-state index contributed by atoms with van der Waals surface area (Å²) in [6.07, 6.45) is 2.33. The van der Waals surface area contributed by atoms with Crippen LogP contribution in [0.1, 0.15) is 18.4 Å². The van der Waals surface area contributed by atoms with Gasteiger partial charge in [-0.25, -0.2) is 0 Å². The number of aryl methyl sites for hydroxylation is 1. The normalized spacial score (nSPS) is 15.4. The van der Waals surface area contributed by atoms with E-state index in [4.69, 9.17) is 0 Å². The summed E-state index contributed by atoms with van der Waals surface area (Å²) in [5, 5.41) is 0. The van der Waals surface area contributed by atoms with Crippen LogP contribution < -0.4 is 0 Å². The third-order valence-corrected chi connectivity index (χ3v) is 4.06. The molecule has 1 heterocycles. The fraction of sp³-hybridized carbons (Fsp3) is 0.462. The summed E-state index contributed by atoms with van der Waals surface area (Å²) >= 11 is 1.65. The van der Waals surface area contributed by atoms with Crippen LogP contribution in [0.25, 0.3) is 0 Å². The van der Waals surface area contributed by atoms with Gasteiger partial charge in [-0.15, -0.1) is 11.8 Å². The molecule has 1 aromatic rings. The number of rotatable bonds is 3. The minimum atomic E-state index is 0.283. The van der Waals surface area contributed by atoms with Crippen molar-refractivity contribution in [1.29, 1.82) is 0 Å². The number of nitrogens with zero attached hydrogens (tertiary/aromatic N) is 1. The number of hydrogen-bond donors (Lipinski definition) is 0. The molecule has 0 spiro atoms. The Morgan fingerprint density at radius 2 is 2.00 bits per heavy atom. The number of benzene rings is 1. The van der Waals surface area contributed by atoms with E-state index in [-0.39, 0.29) is 5.91 Å². The van der Waals surface area contributed by atoms with Crippen LogP contribution in [0.2, 0.25) is 0 Å². The molecular formula is C13H17NOS. The zero-order valence-corrected chi connectivity index (χ0v) is 10.4. The average molecular weight is 235 g/mol. The van der Waals surface area contributed by atoms with E-state index in [9.17, 15) is 4.79 Å². The number of carbonyl (C=O) groups is 1. The van der Waals surface area contributed by atoms with Crippen LogP contribution in [0.4, 0.5) is 0 Å². The summed E-state index contributed by atoms with van der Waals surface area (Å²) in [5.74, 6) is 0.857. The van der Waals surface area contributed by atoms with Gasteiger partial charge in [-0.05, 0) is 31.4 Å². The average Bonchev–Trinajstić information content (AvgIpc) is 2.81. The van der Waals surface area contributed by atoms with Gasteiger partial charge >= 0.3 is 0 Å². The molecule has 0 unspecified atom stereocenters. The lowest BCUT2D eigenvalue weighted by atomic mass is 10.2. The first-order chi connectivity index (χ1) is 7.77. The molecule has 0 N–H and O–H groups in total. The number of amides is 1. The van der Waals surface area contributed by atoms with E-state index in [0.29, 0.717) is 5.75 Å². The zero-order valence-electron chi connectivity index (χ0n) is 9.61. The lowest BCUT2D eigenvalue weighted by Crippen LogP contribution is -2.29. The van der Waals surface area contributed by atoms with E-state index >= 15 is 0 Å². The highest BCUT2D eigenvalue weighted by Crippen LogP contribution is 2.22. The fourth-order valence-corrected chi connectivity index (χ4v) is 2.85. The van der Waals surface area contributed by atoms with Crippen LogP contribution in [0, 0.1) is 6.92 Å². The fourth-order valence-electron chi connectivity index (χ4n) is 1.92. The minimum Gasteiger partial charge on any atom is -0.342 e. The van der Waals surface area contributed by atoms with Crippen molar-refractivity contribution in [3.63, 3.8) is 0 Å². The van der Waals surface area contributed by atoms with Gasteiger partial charge in [-0.3, -0.25) is 4.79 Å². The smallest absolute Gasteiger partial charge is 0.232 e. The van der Waals surface area contributed by atoms with Crippen molar-refractivity contribution in [3.8, 4) is 0 Å². The van der Waals surface area contributed by atoms with Crippen molar-refractivity contribution in [3.05, 3.63) is 29.8 Å². The van der Waals surface area contributed by atoms with E-state index in [0.717, 1.165) is 13.1 Å². The summed E-state index contributed by atoms with van der Waals surface area (Å²) in [6, 6.07) is 8.22. The maximum absolute atomic E-state index is 11.8. The van der Waals surface area contributed by atoms with Gasteiger partial charge in [0.15, 0.2) is 0 Å². The van der Waals surface area contributed by atoms with Gasteiger partial charge in [0, 0.05) is 18.0 Å². The van der Waals surface area contributed by atoms with Crippen molar-refractivity contribution in [2.45, 2.75) is 24.7 Å². The number of carbonyl (C=O) groups excluding carboxylic acids is 1. The van der Waals surface area contributed by atoms with Crippen molar-refractivity contribution in [1.82, 2.24) is 4.90 Å². The van der Waals surface area contributed by atoms with E-state index < -0.39 is 0 Å². The van der Waals surface area contributed by atoms with E-state index in [1.165, 1.54) is 23.3 Å². The Balaban J connectivity index is 1.87. The molecule has 0 aliphatic carbocycles. The van der Waals surface area contributed by atoms with Crippen LogP contribution in [0.5, 0.6) is 0 Å². The van der Waals surface area contributed by atoms with Gasteiger partial charge in [-0.1, -0.05) is 18.2 Å². The van der Waals surface area contributed by atoms with Crippen LogP contribution >= 0.6 is 11.8 Å². The van der Waals surface area contributed by atoms with Crippen LogP contribution in [0.15, 0.2) is 29.2 Å². The van der Waals surface area contributed by atoms with Crippen molar-refractivity contribution < 1.29 is 4.79 Å². The quantitative estimate of drug-likeness (QED) is 0.751. The summed E-state index contributed by atoms with van der Waals surface area (Å²) in [7, 11) is 0.